The minimum atomic E-state index is -0.826. The van der Waals surface area contributed by atoms with Gasteiger partial charge in [0.2, 0.25) is 0 Å². The van der Waals surface area contributed by atoms with E-state index in [2.05, 4.69) is 4.98 Å². The minimum absolute atomic E-state index is 0.159. The van der Waals surface area contributed by atoms with E-state index >= 15 is 0 Å². The van der Waals surface area contributed by atoms with Gasteiger partial charge in [0.15, 0.2) is 0 Å². The molecule has 2 aromatic carbocycles. The van der Waals surface area contributed by atoms with Crippen LogP contribution in [0, 0.1) is 5.82 Å². The minimum Gasteiger partial charge on any atom is -0.444 e. The van der Waals surface area contributed by atoms with Crippen LogP contribution in [-0.2, 0) is 17.7 Å². The maximum Gasteiger partial charge on any atom is 0.410 e. The van der Waals surface area contributed by atoms with Gasteiger partial charge in [0, 0.05) is 31.4 Å². The molecule has 1 aliphatic heterocycles. The standard InChI is InChI=1S/C31H36FN3O4/c1-31(2,3)39-30(38)35-26(14-15-27(35)28(36)23-8-6-5-7-9-23)17-21-10-12-24(13-11-21)29(37)34(4)20-22-16-25(32)19-33-18-22/h5-13,16,18-19,26-28,36H,14-15,17,20H2,1-4H3. The number of aliphatic hydroxyl groups is 1. The predicted molar refractivity (Wildman–Crippen MR) is 146 cm³/mol. The number of rotatable bonds is 7. The predicted octanol–water partition coefficient (Wildman–Crippen LogP) is 5.54. The van der Waals surface area contributed by atoms with Crippen molar-refractivity contribution in [1.29, 1.82) is 0 Å². The van der Waals surface area contributed by atoms with Gasteiger partial charge < -0.3 is 14.7 Å². The van der Waals surface area contributed by atoms with Gasteiger partial charge >= 0.3 is 6.09 Å². The molecular formula is C31H36FN3O4. The number of carbonyl (C=O) groups is 2. The van der Waals surface area contributed by atoms with Crippen LogP contribution in [0.2, 0.25) is 0 Å². The molecule has 1 aromatic heterocycles. The lowest BCUT2D eigenvalue weighted by Gasteiger charge is -2.35. The Labute approximate surface area is 229 Å². The quantitative estimate of drug-likeness (QED) is 0.431. The van der Waals surface area contributed by atoms with E-state index in [4.69, 9.17) is 4.74 Å². The first-order valence-corrected chi connectivity index (χ1v) is 13.2. The second kappa shape index (κ2) is 11.9. The molecule has 0 saturated carbocycles. The zero-order valence-corrected chi connectivity index (χ0v) is 22.9. The normalized spacial score (nSPS) is 18.1. The summed E-state index contributed by atoms with van der Waals surface area (Å²) in [5.41, 5.74) is 2.19. The maximum absolute atomic E-state index is 13.5. The Balaban J connectivity index is 1.47. The van der Waals surface area contributed by atoms with Crippen molar-refractivity contribution in [3.63, 3.8) is 0 Å². The van der Waals surface area contributed by atoms with E-state index in [-0.39, 0.29) is 18.5 Å². The molecule has 8 heteroatoms. The first-order valence-electron chi connectivity index (χ1n) is 13.2. The molecule has 206 valence electrons. The van der Waals surface area contributed by atoms with Gasteiger partial charge in [-0.1, -0.05) is 42.5 Å². The van der Waals surface area contributed by atoms with Gasteiger partial charge in [-0.2, -0.15) is 0 Å². The van der Waals surface area contributed by atoms with Crippen LogP contribution < -0.4 is 0 Å². The summed E-state index contributed by atoms with van der Waals surface area (Å²) in [6.07, 6.45) is 3.34. The van der Waals surface area contributed by atoms with Crippen LogP contribution in [0.5, 0.6) is 0 Å². The molecule has 39 heavy (non-hydrogen) atoms. The van der Waals surface area contributed by atoms with Crippen LogP contribution in [0.4, 0.5) is 9.18 Å². The van der Waals surface area contributed by atoms with Crippen molar-refractivity contribution in [2.75, 3.05) is 7.05 Å². The monoisotopic (exact) mass is 533 g/mol. The molecule has 1 N–H and O–H groups in total. The summed E-state index contributed by atoms with van der Waals surface area (Å²) >= 11 is 0. The van der Waals surface area contributed by atoms with Gasteiger partial charge in [-0.05, 0) is 74.9 Å². The number of hydrogen-bond donors (Lipinski definition) is 1. The third kappa shape index (κ3) is 7.20. The SMILES string of the molecule is CN(Cc1cncc(F)c1)C(=O)c1ccc(CC2CCC(C(O)c3ccccc3)N2C(=O)OC(C)(C)C)cc1. The van der Waals surface area contributed by atoms with Crippen molar-refractivity contribution < 1.29 is 23.8 Å². The van der Waals surface area contributed by atoms with E-state index in [0.29, 0.717) is 24.0 Å². The fraction of sp³-hybridized carbons (Fsp3) is 0.387. The third-order valence-electron chi connectivity index (χ3n) is 6.86. The number of likely N-dealkylation sites (tertiary alicyclic amines) is 1. The molecule has 0 radical (unpaired) electrons. The van der Waals surface area contributed by atoms with Gasteiger partial charge in [0.05, 0.1) is 18.3 Å². The van der Waals surface area contributed by atoms with Gasteiger partial charge in [0.1, 0.15) is 11.4 Å². The van der Waals surface area contributed by atoms with Crippen LogP contribution in [0.15, 0.2) is 73.1 Å². The second-order valence-corrected chi connectivity index (χ2v) is 11.1. The molecule has 4 rings (SSSR count). The lowest BCUT2D eigenvalue weighted by atomic mass is 10.0. The zero-order chi connectivity index (χ0) is 28.2. The average molecular weight is 534 g/mol. The van der Waals surface area contributed by atoms with Gasteiger partial charge in [-0.15, -0.1) is 0 Å². The molecule has 7 nitrogen and oxygen atoms in total. The van der Waals surface area contributed by atoms with Crippen molar-refractivity contribution in [3.8, 4) is 0 Å². The van der Waals surface area contributed by atoms with Gasteiger partial charge in [-0.25, -0.2) is 9.18 Å². The van der Waals surface area contributed by atoms with Crippen molar-refractivity contribution in [2.24, 2.45) is 0 Å². The maximum atomic E-state index is 13.5. The summed E-state index contributed by atoms with van der Waals surface area (Å²) in [4.78, 5) is 33.3. The topological polar surface area (TPSA) is 83.0 Å². The van der Waals surface area contributed by atoms with Crippen LogP contribution in [-0.4, -0.2) is 56.6 Å². The average Bonchev–Trinajstić information content (AvgIpc) is 3.31. The highest BCUT2D eigenvalue weighted by Crippen LogP contribution is 2.36. The number of aliphatic hydroxyl groups excluding tert-OH is 1. The first kappa shape index (κ1) is 28.2. The Morgan fingerprint density at radius 1 is 1.08 bits per heavy atom. The Hall–Kier alpha value is -3.78. The number of halogens is 1. The highest BCUT2D eigenvalue weighted by atomic mass is 19.1. The lowest BCUT2D eigenvalue weighted by molar-refractivity contribution is -0.00453. The number of nitrogens with zero attached hydrogens (tertiary/aromatic N) is 3. The van der Waals surface area contributed by atoms with E-state index in [1.54, 1.807) is 24.1 Å². The molecule has 0 spiro atoms. The fourth-order valence-electron chi connectivity index (χ4n) is 5.06. The molecule has 1 aliphatic rings. The molecule has 0 bridgehead atoms. The first-order chi connectivity index (χ1) is 18.5. The molecule has 3 atom stereocenters. The highest BCUT2D eigenvalue weighted by molar-refractivity contribution is 5.94. The van der Waals surface area contributed by atoms with Crippen LogP contribution in [0.1, 0.15) is 66.8 Å². The molecule has 2 heterocycles. The number of carbonyl (C=O) groups excluding carboxylic acids is 2. The van der Waals surface area contributed by atoms with Gasteiger partial charge in [0.25, 0.3) is 5.91 Å². The number of ether oxygens (including phenoxy) is 1. The summed E-state index contributed by atoms with van der Waals surface area (Å²) < 4.78 is 19.2. The second-order valence-electron chi connectivity index (χ2n) is 11.1. The summed E-state index contributed by atoms with van der Waals surface area (Å²) in [6.45, 7) is 5.73. The molecule has 2 amide bonds. The van der Waals surface area contributed by atoms with E-state index in [0.717, 1.165) is 23.7 Å². The molecule has 3 aromatic rings. The summed E-state index contributed by atoms with van der Waals surface area (Å²) in [5, 5.41) is 11.2. The Bertz CT molecular complexity index is 1280. The number of hydrogen-bond acceptors (Lipinski definition) is 5. The summed E-state index contributed by atoms with van der Waals surface area (Å²) in [6, 6.07) is 17.5. The fourth-order valence-corrected chi connectivity index (χ4v) is 5.06. The number of aromatic nitrogens is 1. The highest BCUT2D eigenvalue weighted by Gasteiger charge is 2.42. The molecule has 1 fully saturated rings. The van der Waals surface area contributed by atoms with Crippen molar-refractivity contribution in [3.05, 3.63) is 101 Å². The third-order valence-corrected chi connectivity index (χ3v) is 6.86. The van der Waals surface area contributed by atoms with Crippen LogP contribution in [0.25, 0.3) is 0 Å². The summed E-state index contributed by atoms with van der Waals surface area (Å²) in [5.74, 6) is -0.628. The van der Waals surface area contributed by atoms with Crippen LogP contribution in [0.3, 0.4) is 0 Å². The van der Waals surface area contributed by atoms with Crippen molar-refractivity contribution >= 4 is 12.0 Å². The largest absolute Gasteiger partial charge is 0.444 e. The van der Waals surface area contributed by atoms with Crippen LogP contribution >= 0.6 is 0 Å². The Kier molecular flexibility index (Phi) is 8.65. The van der Waals surface area contributed by atoms with E-state index in [9.17, 15) is 19.1 Å². The molecule has 1 saturated heterocycles. The molecule has 0 aliphatic carbocycles. The van der Waals surface area contributed by atoms with E-state index in [1.807, 2.05) is 63.2 Å². The number of amides is 2. The number of pyridine rings is 1. The van der Waals surface area contributed by atoms with E-state index < -0.39 is 29.7 Å². The zero-order valence-electron chi connectivity index (χ0n) is 22.9. The molecular weight excluding hydrogens is 497 g/mol. The van der Waals surface area contributed by atoms with E-state index in [1.165, 1.54) is 17.2 Å². The number of benzene rings is 2. The van der Waals surface area contributed by atoms with Gasteiger partial charge in [-0.3, -0.25) is 14.7 Å². The van der Waals surface area contributed by atoms with Crippen molar-refractivity contribution in [2.45, 2.75) is 70.4 Å². The van der Waals surface area contributed by atoms with Crippen molar-refractivity contribution in [1.82, 2.24) is 14.8 Å². The lowest BCUT2D eigenvalue weighted by Crippen LogP contribution is -2.47. The smallest absolute Gasteiger partial charge is 0.410 e. The Morgan fingerprint density at radius 3 is 2.41 bits per heavy atom. The summed E-state index contributed by atoms with van der Waals surface area (Å²) in [7, 11) is 1.66. The Morgan fingerprint density at radius 2 is 1.77 bits per heavy atom. The molecule has 3 unspecified atom stereocenters.